The Morgan fingerprint density at radius 2 is 1.43 bits per heavy atom. The first kappa shape index (κ1) is 20.1. The number of rotatable bonds is 10. The summed E-state index contributed by atoms with van der Waals surface area (Å²) in [5, 5.41) is 10.6. The molecule has 146 valence electrons. The van der Waals surface area contributed by atoms with E-state index >= 15 is 0 Å². The van der Waals surface area contributed by atoms with Crippen LogP contribution >= 0.6 is 0 Å². The molecule has 0 radical (unpaired) electrons. The van der Waals surface area contributed by atoms with Crippen molar-refractivity contribution in [2.45, 2.75) is 26.0 Å². The monoisotopic (exact) mass is 375 g/mol. The van der Waals surface area contributed by atoms with Crippen molar-refractivity contribution in [1.82, 2.24) is 4.90 Å². The van der Waals surface area contributed by atoms with Gasteiger partial charge in [-0.15, -0.1) is 0 Å². The Morgan fingerprint density at radius 3 is 2.11 bits per heavy atom. The summed E-state index contributed by atoms with van der Waals surface area (Å²) in [7, 11) is 0. The van der Waals surface area contributed by atoms with Crippen LogP contribution < -0.4 is 4.74 Å². The standard InChI is InChI=1S/C25H29NO2/c1-21-10-8-9-15-25(21)28-20-24(27)19-26(18-23-13-6-3-7-14-23)17-16-22-11-4-2-5-12-22/h2-15,24,27H,16-20H2,1H3/t24-/m0/s1. The Bertz CT molecular complexity index is 820. The third-order valence-electron chi connectivity index (χ3n) is 4.80. The van der Waals surface area contributed by atoms with Crippen LogP contribution in [-0.4, -0.2) is 35.8 Å². The van der Waals surface area contributed by atoms with Crippen LogP contribution in [0.2, 0.25) is 0 Å². The van der Waals surface area contributed by atoms with Crippen LogP contribution in [0.15, 0.2) is 84.9 Å². The average Bonchev–Trinajstić information content (AvgIpc) is 2.73. The molecule has 0 aliphatic heterocycles. The minimum absolute atomic E-state index is 0.293. The van der Waals surface area contributed by atoms with Crippen molar-refractivity contribution in [2.75, 3.05) is 19.7 Å². The SMILES string of the molecule is Cc1ccccc1OC[C@@H](O)CN(CCc1ccccc1)Cc1ccccc1. The number of ether oxygens (including phenoxy) is 1. The number of hydrogen-bond acceptors (Lipinski definition) is 3. The minimum atomic E-state index is -0.543. The van der Waals surface area contributed by atoms with Gasteiger partial charge in [-0.25, -0.2) is 0 Å². The van der Waals surface area contributed by atoms with Gasteiger partial charge < -0.3 is 9.84 Å². The molecule has 3 aromatic carbocycles. The maximum atomic E-state index is 10.6. The Kier molecular flexibility index (Phi) is 7.65. The number of aryl methyl sites for hydroxylation is 1. The van der Waals surface area contributed by atoms with E-state index in [0.717, 1.165) is 30.8 Å². The maximum absolute atomic E-state index is 10.6. The average molecular weight is 376 g/mol. The molecule has 0 spiro atoms. The van der Waals surface area contributed by atoms with E-state index in [-0.39, 0.29) is 0 Å². The summed E-state index contributed by atoms with van der Waals surface area (Å²) < 4.78 is 5.84. The molecule has 0 saturated heterocycles. The van der Waals surface area contributed by atoms with Gasteiger partial charge in [-0.3, -0.25) is 4.90 Å². The van der Waals surface area contributed by atoms with E-state index in [0.29, 0.717) is 13.2 Å². The summed E-state index contributed by atoms with van der Waals surface area (Å²) in [5.41, 5.74) is 3.65. The van der Waals surface area contributed by atoms with Gasteiger partial charge in [0.25, 0.3) is 0 Å². The van der Waals surface area contributed by atoms with Gasteiger partial charge in [0.1, 0.15) is 18.5 Å². The van der Waals surface area contributed by atoms with Crippen LogP contribution in [0.4, 0.5) is 0 Å². The molecule has 3 aromatic rings. The predicted octanol–water partition coefficient (Wildman–Crippen LogP) is 4.48. The highest BCUT2D eigenvalue weighted by Gasteiger charge is 2.14. The number of benzene rings is 3. The number of hydrogen-bond donors (Lipinski definition) is 1. The van der Waals surface area contributed by atoms with E-state index in [2.05, 4.69) is 53.4 Å². The fourth-order valence-electron chi connectivity index (χ4n) is 3.26. The van der Waals surface area contributed by atoms with Gasteiger partial charge in [0.05, 0.1) is 0 Å². The van der Waals surface area contributed by atoms with Gasteiger partial charge in [0.15, 0.2) is 0 Å². The van der Waals surface area contributed by atoms with Crippen molar-refractivity contribution in [3.8, 4) is 5.75 Å². The number of para-hydroxylation sites is 1. The lowest BCUT2D eigenvalue weighted by Crippen LogP contribution is -2.36. The third kappa shape index (κ3) is 6.52. The Morgan fingerprint density at radius 1 is 0.821 bits per heavy atom. The van der Waals surface area contributed by atoms with Crippen molar-refractivity contribution >= 4 is 0 Å². The Labute approximate surface area is 168 Å². The third-order valence-corrected chi connectivity index (χ3v) is 4.80. The molecule has 3 nitrogen and oxygen atoms in total. The molecule has 0 amide bonds. The van der Waals surface area contributed by atoms with E-state index in [1.54, 1.807) is 0 Å². The second kappa shape index (κ2) is 10.6. The lowest BCUT2D eigenvalue weighted by Gasteiger charge is -2.25. The molecule has 0 heterocycles. The van der Waals surface area contributed by atoms with E-state index in [1.807, 2.05) is 43.3 Å². The summed E-state index contributed by atoms with van der Waals surface area (Å²) in [6.07, 6.45) is 0.415. The predicted molar refractivity (Wildman–Crippen MR) is 115 cm³/mol. The second-order valence-corrected chi connectivity index (χ2v) is 7.19. The molecule has 0 aliphatic rings. The van der Waals surface area contributed by atoms with Crippen LogP contribution in [0.25, 0.3) is 0 Å². The van der Waals surface area contributed by atoms with Crippen LogP contribution in [0, 0.1) is 6.92 Å². The molecule has 0 aromatic heterocycles. The fourth-order valence-corrected chi connectivity index (χ4v) is 3.26. The fraction of sp³-hybridized carbons (Fsp3) is 0.280. The molecule has 1 N–H and O–H groups in total. The van der Waals surface area contributed by atoms with Gasteiger partial charge in [0, 0.05) is 19.6 Å². The minimum Gasteiger partial charge on any atom is -0.491 e. The van der Waals surface area contributed by atoms with Crippen LogP contribution in [-0.2, 0) is 13.0 Å². The molecular weight excluding hydrogens is 346 g/mol. The van der Waals surface area contributed by atoms with Crippen molar-refractivity contribution in [3.05, 3.63) is 102 Å². The highest BCUT2D eigenvalue weighted by molar-refractivity contribution is 5.31. The molecule has 0 saturated carbocycles. The summed E-state index contributed by atoms with van der Waals surface area (Å²) in [6, 6.07) is 28.8. The summed E-state index contributed by atoms with van der Waals surface area (Å²) in [6.45, 7) is 4.59. The van der Waals surface area contributed by atoms with Gasteiger partial charge in [-0.1, -0.05) is 78.9 Å². The van der Waals surface area contributed by atoms with E-state index in [4.69, 9.17) is 4.74 Å². The lowest BCUT2D eigenvalue weighted by atomic mass is 10.1. The van der Waals surface area contributed by atoms with E-state index in [1.165, 1.54) is 11.1 Å². The molecule has 3 rings (SSSR count). The van der Waals surface area contributed by atoms with E-state index in [9.17, 15) is 5.11 Å². The quantitative estimate of drug-likeness (QED) is 0.567. The van der Waals surface area contributed by atoms with E-state index < -0.39 is 6.10 Å². The number of nitrogens with zero attached hydrogens (tertiary/aromatic N) is 1. The molecule has 0 fully saturated rings. The summed E-state index contributed by atoms with van der Waals surface area (Å²) >= 11 is 0. The highest BCUT2D eigenvalue weighted by atomic mass is 16.5. The number of aliphatic hydroxyl groups is 1. The summed E-state index contributed by atoms with van der Waals surface area (Å²) in [4.78, 5) is 2.30. The van der Waals surface area contributed by atoms with Gasteiger partial charge >= 0.3 is 0 Å². The van der Waals surface area contributed by atoms with Crippen LogP contribution in [0.1, 0.15) is 16.7 Å². The van der Waals surface area contributed by atoms with Crippen molar-refractivity contribution in [3.63, 3.8) is 0 Å². The number of aliphatic hydroxyl groups excluding tert-OH is 1. The molecular formula is C25H29NO2. The maximum Gasteiger partial charge on any atom is 0.122 e. The van der Waals surface area contributed by atoms with Crippen molar-refractivity contribution < 1.29 is 9.84 Å². The molecule has 0 unspecified atom stereocenters. The first-order valence-electron chi connectivity index (χ1n) is 9.87. The van der Waals surface area contributed by atoms with Gasteiger partial charge in [-0.2, -0.15) is 0 Å². The lowest BCUT2D eigenvalue weighted by molar-refractivity contribution is 0.0657. The topological polar surface area (TPSA) is 32.7 Å². The molecule has 28 heavy (non-hydrogen) atoms. The van der Waals surface area contributed by atoms with Gasteiger partial charge in [0.2, 0.25) is 0 Å². The van der Waals surface area contributed by atoms with Crippen molar-refractivity contribution in [2.24, 2.45) is 0 Å². The zero-order valence-corrected chi connectivity index (χ0v) is 16.5. The van der Waals surface area contributed by atoms with Gasteiger partial charge in [-0.05, 0) is 36.1 Å². The van der Waals surface area contributed by atoms with Crippen LogP contribution in [0.5, 0.6) is 5.75 Å². The largest absolute Gasteiger partial charge is 0.491 e. The first-order chi connectivity index (χ1) is 13.7. The smallest absolute Gasteiger partial charge is 0.122 e. The molecule has 3 heteroatoms. The first-order valence-corrected chi connectivity index (χ1v) is 9.87. The molecule has 0 aliphatic carbocycles. The molecule has 1 atom stereocenters. The molecule has 0 bridgehead atoms. The summed E-state index contributed by atoms with van der Waals surface area (Å²) in [5.74, 6) is 0.834. The highest BCUT2D eigenvalue weighted by Crippen LogP contribution is 2.16. The Hall–Kier alpha value is -2.62. The zero-order valence-electron chi connectivity index (χ0n) is 16.5. The Balaban J connectivity index is 1.58. The van der Waals surface area contributed by atoms with Crippen LogP contribution in [0.3, 0.4) is 0 Å². The van der Waals surface area contributed by atoms with Crippen molar-refractivity contribution in [1.29, 1.82) is 0 Å². The normalized spacial score (nSPS) is 12.1. The second-order valence-electron chi connectivity index (χ2n) is 7.19. The zero-order chi connectivity index (χ0) is 19.6.